The fourth-order valence-electron chi connectivity index (χ4n) is 2.24. The van der Waals surface area contributed by atoms with E-state index in [9.17, 15) is 0 Å². The standard InChI is InChI=1S/C14H14Cl2N4/c15-10-3-1-2-4-12(10)19-14-18-11-6-8-17-7-5-9(11)13(16)20-14/h1-4,17H,5-8H2,(H,18,19,20). The molecule has 3 rings (SSSR count). The van der Waals surface area contributed by atoms with E-state index < -0.39 is 0 Å². The molecule has 2 N–H and O–H groups in total. The maximum Gasteiger partial charge on any atom is 0.228 e. The molecule has 0 amide bonds. The summed E-state index contributed by atoms with van der Waals surface area (Å²) in [5.74, 6) is 0.490. The highest BCUT2D eigenvalue weighted by atomic mass is 35.5. The first-order valence-corrected chi connectivity index (χ1v) is 7.27. The number of rotatable bonds is 2. The first kappa shape index (κ1) is 13.6. The van der Waals surface area contributed by atoms with Crippen LogP contribution in [0.2, 0.25) is 10.2 Å². The number of hydrogen-bond acceptors (Lipinski definition) is 4. The lowest BCUT2D eigenvalue weighted by Gasteiger charge is -2.11. The molecule has 0 saturated heterocycles. The lowest BCUT2D eigenvalue weighted by Crippen LogP contribution is -2.16. The van der Waals surface area contributed by atoms with Crippen LogP contribution in [-0.2, 0) is 12.8 Å². The van der Waals surface area contributed by atoms with Gasteiger partial charge in [-0.15, -0.1) is 0 Å². The summed E-state index contributed by atoms with van der Waals surface area (Å²) < 4.78 is 0. The molecule has 0 aliphatic carbocycles. The van der Waals surface area contributed by atoms with E-state index in [4.69, 9.17) is 23.2 Å². The van der Waals surface area contributed by atoms with Crippen molar-refractivity contribution < 1.29 is 0 Å². The van der Waals surface area contributed by atoms with E-state index in [1.165, 1.54) is 0 Å². The Balaban J connectivity index is 1.93. The molecule has 20 heavy (non-hydrogen) atoms. The van der Waals surface area contributed by atoms with E-state index in [1.807, 2.05) is 24.3 Å². The van der Waals surface area contributed by atoms with Gasteiger partial charge in [0.2, 0.25) is 5.95 Å². The first-order valence-electron chi connectivity index (χ1n) is 6.51. The summed E-state index contributed by atoms with van der Waals surface area (Å²) in [6.07, 6.45) is 1.72. The highest BCUT2D eigenvalue weighted by Gasteiger charge is 2.15. The average Bonchev–Trinajstić information content (AvgIpc) is 2.67. The van der Waals surface area contributed by atoms with Gasteiger partial charge in [-0.1, -0.05) is 35.3 Å². The summed E-state index contributed by atoms with van der Waals surface area (Å²) >= 11 is 12.4. The van der Waals surface area contributed by atoms with Crippen LogP contribution >= 0.6 is 23.2 Å². The summed E-state index contributed by atoms with van der Waals surface area (Å²) in [4.78, 5) is 8.89. The highest BCUT2D eigenvalue weighted by molar-refractivity contribution is 6.33. The lowest BCUT2D eigenvalue weighted by atomic mass is 10.1. The molecular weight excluding hydrogens is 295 g/mol. The molecule has 1 aromatic heterocycles. The van der Waals surface area contributed by atoms with Crippen LogP contribution in [0, 0.1) is 0 Å². The highest BCUT2D eigenvalue weighted by Crippen LogP contribution is 2.26. The normalized spacial score (nSPS) is 14.5. The molecular formula is C14H14Cl2N4. The molecule has 1 aliphatic heterocycles. The maximum atomic E-state index is 6.27. The van der Waals surface area contributed by atoms with Gasteiger partial charge >= 0.3 is 0 Å². The molecule has 104 valence electrons. The minimum absolute atomic E-state index is 0.490. The Morgan fingerprint density at radius 1 is 1.05 bits per heavy atom. The van der Waals surface area contributed by atoms with Crippen LogP contribution in [0.3, 0.4) is 0 Å². The molecule has 2 aromatic rings. The van der Waals surface area contributed by atoms with E-state index >= 15 is 0 Å². The summed E-state index contributed by atoms with van der Waals surface area (Å²) in [7, 11) is 0. The maximum absolute atomic E-state index is 6.27. The van der Waals surface area contributed by atoms with E-state index in [0.29, 0.717) is 16.1 Å². The van der Waals surface area contributed by atoms with Crippen LogP contribution < -0.4 is 10.6 Å². The van der Waals surface area contributed by atoms with Crippen molar-refractivity contribution in [2.45, 2.75) is 12.8 Å². The molecule has 0 radical (unpaired) electrons. The van der Waals surface area contributed by atoms with Gasteiger partial charge in [-0.2, -0.15) is 0 Å². The van der Waals surface area contributed by atoms with E-state index in [2.05, 4.69) is 20.6 Å². The second-order valence-corrected chi connectivity index (χ2v) is 5.38. The lowest BCUT2D eigenvalue weighted by molar-refractivity contribution is 0.708. The van der Waals surface area contributed by atoms with Gasteiger partial charge in [0.1, 0.15) is 5.15 Å². The molecule has 1 aromatic carbocycles. The molecule has 2 heterocycles. The number of benzene rings is 1. The summed E-state index contributed by atoms with van der Waals surface area (Å²) in [5, 5.41) is 7.61. The topological polar surface area (TPSA) is 49.8 Å². The van der Waals surface area contributed by atoms with Crippen LogP contribution in [0.15, 0.2) is 24.3 Å². The largest absolute Gasteiger partial charge is 0.323 e. The Morgan fingerprint density at radius 2 is 1.85 bits per heavy atom. The minimum Gasteiger partial charge on any atom is -0.323 e. The molecule has 0 bridgehead atoms. The van der Waals surface area contributed by atoms with Gasteiger partial charge in [-0.05, 0) is 25.1 Å². The van der Waals surface area contributed by atoms with Crippen molar-refractivity contribution in [1.29, 1.82) is 0 Å². The van der Waals surface area contributed by atoms with E-state index in [1.54, 1.807) is 0 Å². The predicted octanol–water partition coefficient (Wildman–Crippen LogP) is 3.22. The second kappa shape index (κ2) is 5.95. The van der Waals surface area contributed by atoms with Crippen molar-refractivity contribution in [3.05, 3.63) is 45.7 Å². The zero-order chi connectivity index (χ0) is 13.9. The zero-order valence-corrected chi connectivity index (χ0v) is 12.3. The molecule has 0 atom stereocenters. The smallest absolute Gasteiger partial charge is 0.228 e. The number of halogens is 2. The molecule has 0 unspecified atom stereocenters. The SMILES string of the molecule is Clc1ccccc1Nc1nc(Cl)c2c(n1)CCNCC2. The van der Waals surface area contributed by atoms with E-state index in [0.717, 1.165) is 42.9 Å². The molecule has 0 fully saturated rings. The van der Waals surface area contributed by atoms with Crippen molar-refractivity contribution >= 4 is 34.8 Å². The Bertz CT molecular complexity index is 631. The average molecular weight is 309 g/mol. The number of anilines is 2. The Morgan fingerprint density at radius 3 is 2.70 bits per heavy atom. The summed E-state index contributed by atoms with van der Waals surface area (Å²) in [6.45, 7) is 1.82. The Labute approximate surface area is 127 Å². The Kier molecular flexibility index (Phi) is 4.05. The van der Waals surface area contributed by atoms with Crippen molar-refractivity contribution in [2.24, 2.45) is 0 Å². The Hall–Kier alpha value is -1.36. The molecule has 1 aliphatic rings. The second-order valence-electron chi connectivity index (χ2n) is 4.62. The number of hydrogen-bond donors (Lipinski definition) is 2. The van der Waals surface area contributed by atoms with Gasteiger partial charge in [0.05, 0.1) is 16.4 Å². The molecule has 0 spiro atoms. The van der Waals surface area contributed by atoms with Gasteiger partial charge in [0.25, 0.3) is 0 Å². The number of nitrogens with zero attached hydrogens (tertiary/aromatic N) is 2. The van der Waals surface area contributed by atoms with Crippen molar-refractivity contribution in [3.63, 3.8) is 0 Å². The molecule has 4 nitrogen and oxygen atoms in total. The van der Waals surface area contributed by atoms with Gasteiger partial charge < -0.3 is 10.6 Å². The predicted molar refractivity (Wildman–Crippen MR) is 82.1 cm³/mol. The number of aromatic nitrogens is 2. The summed E-state index contributed by atoms with van der Waals surface area (Å²) in [5.41, 5.74) is 2.82. The van der Waals surface area contributed by atoms with Gasteiger partial charge in [0, 0.05) is 18.5 Å². The molecule has 0 saturated carbocycles. The monoisotopic (exact) mass is 308 g/mol. The van der Waals surface area contributed by atoms with Crippen molar-refractivity contribution in [3.8, 4) is 0 Å². The third-order valence-corrected chi connectivity index (χ3v) is 3.90. The van der Waals surface area contributed by atoms with Gasteiger partial charge in [0.15, 0.2) is 0 Å². The third-order valence-electron chi connectivity index (χ3n) is 3.25. The number of nitrogens with one attached hydrogen (secondary N) is 2. The van der Waals surface area contributed by atoms with Crippen LogP contribution in [0.5, 0.6) is 0 Å². The van der Waals surface area contributed by atoms with Gasteiger partial charge in [-0.25, -0.2) is 9.97 Å². The quantitative estimate of drug-likeness (QED) is 0.836. The van der Waals surface area contributed by atoms with Crippen LogP contribution in [0.25, 0.3) is 0 Å². The zero-order valence-electron chi connectivity index (χ0n) is 10.8. The number of fused-ring (bicyclic) bond motifs is 1. The third kappa shape index (κ3) is 2.87. The number of para-hydroxylation sites is 1. The van der Waals surface area contributed by atoms with Crippen LogP contribution in [0.4, 0.5) is 11.6 Å². The van der Waals surface area contributed by atoms with E-state index in [-0.39, 0.29) is 0 Å². The van der Waals surface area contributed by atoms with Crippen molar-refractivity contribution in [1.82, 2.24) is 15.3 Å². The minimum atomic E-state index is 0.490. The summed E-state index contributed by atoms with van der Waals surface area (Å²) in [6, 6.07) is 7.49. The fourth-order valence-corrected chi connectivity index (χ4v) is 2.70. The molecule has 6 heteroatoms. The van der Waals surface area contributed by atoms with Crippen LogP contribution in [0.1, 0.15) is 11.3 Å². The fraction of sp³-hybridized carbons (Fsp3) is 0.286. The van der Waals surface area contributed by atoms with Gasteiger partial charge in [-0.3, -0.25) is 0 Å². The van der Waals surface area contributed by atoms with Crippen molar-refractivity contribution in [2.75, 3.05) is 18.4 Å². The van der Waals surface area contributed by atoms with Crippen LogP contribution in [-0.4, -0.2) is 23.1 Å². The first-order chi connectivity index (χ1) is 9.74.